The summed E-state index contributed by atoms with van der Waals surface area (Å²) < 4.78 is 104. The van der Waals surface area contributed by atoms with E-state index in [0.29, 0.717) is 12.1 Å². The Balaban J connectivity index is 2.18. The lowest BCUT2D eigenvalue weighted by Gasteiger charge is -2.26. The summed E-state index contributed by atoms with van der Waals surface area (Å²) in [5.74, 6) is -1.94. The molecular formula is C17H16F6N2O3S2. The molecule has 0 N–H and O–H groups in total. The van der Waals surface area contributed by atoms with Crippen LogP contribution in [-0.4, -0.2) is 42.3 Å². The number of fused-ring (bicyclic) bond motifs is 1. The lowest BCUT2D eigenvalue weighted by Crippen LogP contribution is -2.38. The van der Waals surface area contributed by atoms with Gasteiger partial charge in [-0.3, -0.25) is 4.79 Å². The second-order valence-electron chi connectivity index (χ2n) is 7.32. The number of rotatable bonds is 2. The zero-order chi connectivity index (χ0) is 22.6. The van der Waals surface area contributed by atoms with Gasteiger partial charge in [-0.2, -0.15) is 31.3 Å². The lowest BCUT2D eigenvalue weighted by atomic mass is 10.1. The van der Waals surface area contributed by atoms with Crippen LogP contribution in [0.15, 0.2) is 23.2 Å². The van der Waals surface area contributed by atoms with Crippen molar-refractivity contribution in [2.24, 2.45) is 10.9 Å². The molecule has 30 heavy (non-hydrogen) atoms. The summed E-state index contributed by atoms with van der Waals surface area (Å²) in [7, 11) is -3.54. The largest absolute Gasteiger partial charge is 0.416 e. The topological polar surface area (TPSA) is 66.8 Å². The number of thioether (sulfide) groups is 1. The van der Waals surface area contributed by atoms with Gasteiger partial charge in [0, 0.05) is 16.9 Å². The van der Waals surface area contributed by atoms with E-state index in [2.05, 4.69) is 4.99 Å². The minimum absolute atomic E-state index is 0.00826. The fourth-order valence-corrected chi connectivity index (χ4v) is 7.09. The minimum atomic E-state index is -5.06. The molecule has 0 spiro atoms. The quantitative estimate of drug-likeness (QED) is 0.607. The van der Waals surface area contributed by atoms with E-state index in [-0.39, 0.29) is 17.0 Å². The summed E-state index contributed by atoms with van der Waals surface area (Å²) in [5.41, 5.74) is -3.57. The number of alkyl halides is 6. The molecule has 2 saturated heterocycles. The van der Waals surface area contributed by atoms with Gasteiger partial charge in [0.1, 0.15) is 0 Å². The molecule has 13 heteroatoms. The number of amides is 1. The van der Waals surface area contributed by atoms with E-state index in [1.807, 2.05) is 0 Å². The molecule has 3 rings (SSSR count). The third kappa shape index (κ3) is 4.61. The first kappa shape index (κ1) is 22.9. The van der Waals surface area contributed by atoms with Crippen LogP contribution in [-0.2, 0) is 27.0 Å². The van der Waals surface area contributed by atoms with Crippen molar-refractivity contribution < 1.29 is 39.6 Å². The highest BCUT2D eigenvalue weighted by atomic mass is 32.2. The number of anilines is 1. The highest BCUT2D eigenvalue weighted by molar-refractivity contribution is 8.16. The van der Waals surface area contributed by atoms with Crippen molar-refractivity contribution >= 4 is 38.4 Å². The number of sulfone groups is 1. The fraction of sp³-hybridized carbons (Fsp3) is 0.529. The number of amidine groups is 1. The van der Waals surface area contributed by atoms with E-state index >= 15 is 0 Å². The highest BCUT2D eigenvalue weighted by Crippen LogP contribution is 2.44. The predicted octanol–water partition coefficient (Wildman–Crippen LogP) is 3.98. The smallest absolute Gasteiger partial charge is 0.316 e. The minimum Gasteiger partial charge on any atom is -0.316 e. The van der Waals surface area contributed by atoms with Gasteiger partial charge in [0.2, 0.25) is 0 Å². The molecule has 2 heterocycles. The molecule has 0 bridgehead atoms. The Hall–Kier alpha value is -1.76. The highest BCUT2D eigenvalue weighted by Gasteiger charge is 2.50. The second kappa shape index (κ2) is 7.43. The third-order valence-corrected chi connectivity index (χ3v) is 7.83. The zero-order valence-electron chi connectivity index (χ0n) is 15.6. The Morgan fingerprint density at radius 1 is 1.07 bits per heavy atom. The van der Waals surface area contributed by atoms with Gasteiger partial charge in [0.15, 0.2) is 15.0 Å². The SMILES string of the molecule is CC(C)C(=O)N=C1SC2CS(=O)(=O)CC2N1c1cc(C(F)(F)F)cc(C(F)(F)F)c1. The molecule has 1 amide bonds. The van der Waals surface area contributed by atoms with Crippen molar-refractivity contribution in [2.75, 3.05) is 16.4 Å². The summed E-state index contributed by atoms with van der Waals surface area (Å²) in [6.45, 7) is 3.07. The predicted molar refractivity (Wildman–Crippen MR) is 100 cm³/mol. The zero-order valence-corrected chi connectivity index (χ0v) is 17.2. The molecular weight excluding hydrogens is 458 g/mol. The van der Waals surface area contributed by atoms with Crippen LogP contribution in [0, 0.1) is 5.92 Å². The van der Waals surface area contributed by atoms with E-state index in [1.54, 1.807) is 0 Å². The Kier molecular flexibility index (Phi) is 5.68. The maximum atomic E-state index is 13.3. The van der Waals surface area contributed by atoms with Gasteiger partial charge in [-0.15, -0.1) is 0 Å². The van der Waals surface area contributed by atoms with Crippen LogP contribution in [0.3, 0.4) is 0 Å². The van der Waals surface area contributed by atoms with Gasteiger partial charge in [0.05, 0.1) is 28.7 Å². The van der Waals surface area contributed by atoms with Crippen LogP contribution in [0.1, 0.15) is 25.0 Å². The summed E-state index contributed by atoms with van der Waals surface area (Å²) in [5, 5.41) is -0.761. The standard InChI is InChI=1S/C17H16F6N2O3S2/c1-8(2)14(26)24-15-25(12-6-30(27,28)7-13(12)29-15)11-4-9(16(18,19)20)3-10(5-11)17(21,22)23/h3-5,8,12-13H,6-7H2,1-2H3. The van der Waals surface area contributed by atoms with Crippen LogP contribution in [0.5, 0.6) is 0 Å². The van der Waals surface area contributed by atoms with Crippen molar-refractivity contribution in [2.45, 2.75) is 37.5 Å². The Bertz CT molecular complexity index is 969. The average molecular weight is 474 g/mol. The molecule has 0 aromatic heterocycles. The number of halogens is 6. The van der Waals surface area contributed by atoms with E-state index in [4.69, 9.17) is 0 Å². The first-order chi connectivity index (χ1) is 13.6. The molecule has 166 valence electrons. The monoisotopic (exact) mass is 474 g/mol. The molecule has 0 saturated carbocycles. The molecule has 2 aliphatic rings. The first-order valence-electron chi connectivity index (χ1n) is 8.67. The Morgan fingerprint density at radius 2 is 1.60 bits per heavy atom. The van der Waals surface area contributed by atoms with Crippen LogP contribution in [0.25, 0.3) is 0 Å². The molecule has 2 fully saturated rings. The van der Waals surface area contributed by atoms with Crippen molar-refractivity contribution in [1.29, 1.82) is 0 Å². The summed E-state index contributed by atoms with van der Waals surface area (Å²) >= 11 is 0.872. The number of hydrogen-bond acceptors (Lipinski definition) is 4. The molecule has 1 aromatic carbocycles. The van der Waals surface area contributed by atoms with E-state index in [0.717, 1.165) is 16.7 Å². The number of nitrogens with zero attached hydrogens (tertiary/aromatic N) is 2. The van der Waals surface area contributed by atoms with Gasteiger partial charge in [-0.05, 0) is 18.2 Å². The molecule has 0 aliphatic carbocycles. The van der Waals surface area contributed by atoms with Crippen molar-refractivity contribution in [3.63, 3.8) is 0 Å². The molecule has 5 nitrogen and oxygen atoms in total. The van der Waals surface area contributed by atoms with E-state index in [9.17, 15) is 39.6 Å². The molecule has 0 radical (unpaired) electrons. The Labute approximate surface area is 172 Å². The molecule has 2 aliphatic heterocycles. The number of hydrogen-bond donors (Lipinski definition) is 0. The maximum absolute atomic E-state index is 13.3. The number of carbonyl (C=O) groups is 1. The van der Waals surface area contributed by atoms with Crippen LogP contribution >= 0.6 is 11.8 Å². The van der Waals surface area contributed by atoms with Crippen LogP contribution < -0.4 is 4.90 Å². The third-order valence-electron chi connectivity index (χ3n) is 4.62. The van der Waals surface area contributed by atoms with E-state index < -0.39 is 67.9 Å². The van der Waals surface area contributed by atoms with Gasteiger partial charge < -0.3 is 4.90 Å². The van der Waals surface area contributed by atoms with Gasteiger partial charge in [-0.25, -0.2) is 8.42 Å². The first-order valence-corrected chi connectivity index (χ1v) is 11.4. The Morgan fingerprint density at radius 3 is 2.07 bits per heavy atom. The summed E-state index contributed by atoms with van der Waals surface area (Å²) in [6, 6.07) is 0.0890. The molecule has 2 unspecified atom stereocenters. The van der Waals surface area contributed by atoms with Crippen molar-refractivity contribution in [3.8, 4) is 0 Å². The normalized spacial score (nSPS) is 25.2. The maximum Gasteiger partial charge on any atom is 0.416 e. The van der Waals surface area contributed by atoms with Crippen LogP contribution in [0.2, 0.25) is 0 Å². The number of carbonyl (C=O) groups excluding carboxylic acids is 1. The van der Waals surface area contributed by atoms with Crippen molar-refractivity contribution in [1.82, 2.24) is 0 Å². The fourth-order valence-electron chi connectivity index (χ4n) is 3.17. The van der Waals surface area contributed by atoms with E-state index in [1.165, 1.54) is 13.8 Å². The second-order valence-corrected chi connectivity index (χ2v) is 10.7. The van der Waals surface area contributed by atoms with Crippen LogP contribution in [0.4, 0.5) is 32.0 Å². The average Bonchev–Trinajstić information content (AvgIpc) is 3.03. The molecule has 2 atom stereocenters. The van der Waals surface area contributed by atoms with Gasteiger partial charge >= 0.3 is 12.4 Å². The lowest BCUT2D eigenvalue weighted by molar-refractivity contribution is -0.143. The van der Waals surface area contributed by atoms with Gasteiger partial charge in [-0.1, -0.05) is 25.6 Å². The number of benzene rings is 1. The van der Waals surface area contributed by atoms with Gasteiger partial charge in [0.25, 0.3) is 5.91 Å². The molecule has 1 aromatic rings. The summed E-state index contributed by atoms with van der Waals surface area (Å²) in [4.78, 5) is 16.9. The summed E-state index contributed by atoms with van der Waals surface area (Å²) in [6.07, 6.45) is -10.1. The van der Waals surface area contributed by atoms with Crippen molar-refractivity contribution in [3.05, 3.63) is 29.3 Å². The number of aliphatic imine (C=N–C) groups is 1.